The van der Waals surface area contributed by atoms with E-state index in [1.54, 1.807) is 12.1 Å². The van der Waals surface area contributed by atoms with Crippen LogP contribution in [0.1, 0.15) is 29.4 Å². The lowest BCUT2D eigenvalue weighted by Crippen LogP contribution is -2.12. The number of nitrogens with two attached hydrogens (primary N) is 1. The SMILES string of the molecule is CC(CN)CCC(=O)c1ccc(Cl)s1. The molecule has 0 amide bonds. The number of thiophene rings is 1. The van der Waals surface area contributed by atoms with Gasteiger partial charge in [0.05, 0.1) is 9.21 Å². The van der Waals surface area contributed by atoms with Gasteiger partial charge in [0, 0.05) is 6.42 Å². The number of halogens is 1. The average Bonchev–Trinajstić information content (AvgIpc) is 2.60. The minimum Gasteiger partial charge on any atom is -0.330 e. The zero-order valence-electron chi connectivity index (χ0n) is 8.13. The molecule has 1 atom stereocenters. The smallest absolute Gasteiger partial charge is 0.172 e. The van der Waals surface area contributed by atoms with E-state index in [1.807, 2.05) is 0 Å². The highest BCUT2D eigenvalue weighted by molar-refractivity contribution is 7.18. The molecule has 0 saturated heterocycles. The van der Waals surface area contributed by atoms with Crippen LogP contribution in [0.4, 0.5) is 0 Å². The van der Waals surface area contributed by atoms with Gasteiger partial charge < -0.3 is 5.73 Å². The fourth-order valence-corrected chi connectivity index (χ4v) is 2.09. The van der Waals surface area contributed by atoms with E-state index in [9.17, 15) is 4.79 Å². The first-order chi connectivity index (χ1) is 6.63. The minimum absolute atomic E-state index is 0.169. The molecule has 1 rings (SSSR count). The molecular formula is C10H14ClNOS. The van der Waals surface area contributed by atoms with Gasteiger partial charge in [0.1, 0.15) is 0 Å². The van der Waals surface area contributed by atoms with Crippen molar-refractivity contribution in [2.45, 2.75) is 19.8 Å². The van der Waals surface area contributed by atoms with Gasteiger partial charge in [0.15, 0.2) is 5.78 Å². The van der Waals surface area contributed by atoms with Gasteiger partial charge in [-0.05, 0) is 31.0 Å². The van der Waals surface area contributed by atoms with Gasteiger partial charge in [0.25, 0.3) is 0 Å². The summed E-state index contributed by atoms with van der Waals surface area (Å²) in [6.07, 6.45) is 1.42. The molecule has 4 heteroatoms. The average molecular weight is 232 g/mol. The number of ketones is 1. The van der Waals surface area contributed by atoms with Gasteiger partial charge in [0.2, 0.25) is 0 Å². The second-order valence-electron chi connectivity index (χ2n) is 3.41. The molecule has 0 aliphatic carbocycles. The van der Waals surface area contributed by atoms with E-state index in [4.69, 9.17) is 17.3 Å². The largest absolute Gasteiger partial charge is 0.330 e. The van der Waals surface area contributed by atoms with E-state index in [0.717, 1.165) is 11.3 Å². The summed E-state index contributed by atoms with van der Waals surface area (Å²) >= 11 is 7.08. The number of hydrogen-bond acceptors (Lipinski definition) is 3. The molecule has 1 heterocycles. The molecular weight excluding hydrogens is 218 g/mol. The highest BCUT2D eigenvalue weighted by Crippen LogP contribution is 2.23. The Kier molecular flexibility index (Phi) is 4.58. The predicted octanol–water partition coefficient (Wildman–Crippen LogP) is 2.96. The monoisotopic (exact) mass is 231 g/mol. The number of carbonyl (C=O) groups excluding carboxylic acids is 1. The number of carbonyl (C=O) groups is 1. The van der Waals surface area contributed by atoms with Crippen molar-refractivity contribution >= 4 is 28.7 Å². The highest BCUT2D eigenvalue weighted by atomic mass is 35.5. The van der Waals surface area contributed by atoms with Gasteiger partial charge >= 0.3 is 0 Å². The second kappa shape index (κ2) is 5.49. The maximum absolute atomic E-state index is 11.6. The summed E-state index contributed by atoms with van der Waals surface area (Å²) in [4.78, 5) is 12.3. The summed E-state index contributed by atoms with van der Waals surface area (Å²) in [7, 11) is 0. The maximum Gasteiger partial charge on any atom is 0.172 e. The summed E-state index contributed by atoms with van der Waals surface area (Å²) in [6.45, 7) is 2.69. The third kappa shape index (κ3) is 3.40. The first kappa shape index (κ1) is 11.7. The minimum atomic E-state index is 0.169. The van der Waals surface area contributed by atoms with E-state index in [2.05, 4.69) is 6.92 Å². The van der Waals surface area contributed by atoms with Crippen molar-refractivity contribution in [2.24, 2.45) is 11.7 Å². The van der Waals surface area contributed by atoms with Crippen molar-refractivity contribution in [2.75, 3.05) is 6.54 Å². The molecule has 1 aromatic rings. The van der Waals surface area contributed by atoms with Gasteiger partial charge in [-0.1, -0.05) is 18.5 Å². The first-order valence-electron chi connectivity index (χ1n) is 4.62. The van der Waals surface area contributed by atoms with Crippen LogP contribution in [-0.2, 0) is 0 Å². The summed E-state index contributed by atoms with van der Waals surface area (Å²) < 4.78 is 0.667. The van der Waals surface area contributed by atoms with Gasteiger partial charge in [-0.25, -0.2) is 0 Å². The normalized spacial score (nSPS) is 12.8. The molecule has 0 aliphatic rings. The Labute approximate surface area is 93.1 Å². The van der Waals surface area contributed by atoms with E-state index in [0.29, 0.717) is 23.2 Å². The summed E-state index contributed by atoms with van der Waals surface area (Å²) in [5.74, 6) is 0.580. The molecule has 0 radical (unpaired) electrons. The molecule has 14 heavy (non-hydrogen) atoms. The molecule has 0 aliphatic heterocycles. The highest BCUT2D eigenvalue weighted by Gasteiger charge is 2.10. The van der Waals surface area contributed by atoms with Crippen LogP contribution >= 0.6 is 22.9 Å². The lowest BCUT2D eigenvalue weighted by Gasteiger charge is -2.05. The molecule has 0 spiro atoms. The zero-order chi connectivity index (χ0) is 10.6. The van der Waals surface area contributed by atoms with Crippen LogP contribution in [0, 0.1) is 5.92 Å². The lowest BCUT2D eigenvalue weighted by molar-refractivity contribution is 0.0979. The van der Waals surface area contributed by atoms with Crippen molar-refractivity contribution in [3.63, 3.8) is 0 Å². The molecule has 2 N–H and O–H groups in total. The van der Waals surface area contributed by atoms with Gasteiger partial charge in [-0.15, -0.1) is 11.3 Å². The molecule has 0 fully saturated rings. The Morgan fingerprint density at radius 3 is 2.86 bits per heavy atom. The van der Waals surface area contributed by atoms with Crippen LogP contribution in [-0.4, -0.2) is 12.3 Å². The Bertz CT molecular complexity index is 311. The molecule has 0 saturated carbocycles. The first-order valence-corrected chi connectivity index (χ1v) is 5.81. The fourth-order valence-electron chi connectivity index (χ4n) is 1.08. The maximum atomic E-state index is 11.6. The standard InChI is InChI=1S/C10H14ClNOS/c1-7(6-12)2-3-8(13)9-4-5-10(11)14-9/h4-5,7H,2-3,6,12H2,1H3. The Hall–Kier alpha value is -0.380. The summed E-state index contributed by atoms with van der Waals surface area (Å²) in [5, 5.41) is 0. The number of hydrogen-bond donors (Lipinski definition) is 1. The topological polar surface area (TPSA) is 43.1 Å². The van der Waals surface area contributed by atoms with E-state index >= 15 is 0 Å². The molecule has 78 valence electrons. The van der Waals surface area contributed by atoms with Gasteiger partial charge in [-0.2, -0.15) is 0 Å². The van der Waals surface area contributed by atoms with Crippen LogP contribution in [0.2, 0.25) is 4.34 Å². The zero-order valence-corrected chi connectivity index (χ0v) is 9.70. The number of Topliss-reactive ketones (excluding diaryl/α,β-unsaturated/α-hetero) is 1. The van der Waals surface area contributed by atoms with Gasteiger partial charge in [-0.3, -0.25) is 4.79 Å². The summed E-state index contributed by atoms with van der Waals surface area (Å²) in [6, 6.07) is 3.54. The Morgan fingerprint density at radius 1 is 1.64 bits per heavy atom. The van der Waals surface area contributed by atoms with E-state index < -0.39 is 0 Å². The van der Waals surface area contributed by atoms with Crippen LogP contribution in [0.3, 0.4) is 0 Å². The van der Waals surface area contributed by atoms with Crippen molar-refractivity contribution in [1.29, 1.82) is 0 Å². The number of rotatable bonds is 5. The van der Waals surface area contributed by atoms with Crippen molar-refractivity contribution in [3.05, 3.63) is 21.3 Å². The molecule has 1 aromatic heterocycles. The second-order valence-corrected chi connectivity index (χ2v) is 5.12. The van der Waals surface area contributed by atoms with Crippen LogP contribution in [0.25, 0.3) is 0 Å². The lowest BCUT2D eigenvalue weighted by atomic mass is 10.0. The van der Waals surface area contributed by atoms with Crippen molar-refractivity contribution in [3.8, 4) is 0 Å². The van der Waals surface area contributed by atoms with E-state index in [-0.39, 0.29) is 5.78 Å². The van der Waals surface area contributed by atoms with Crippen molar-refractivity contribution in [1.82, 2.24) is 0 Å². The molecule has 2 nitrogen and oxygen atoms in total. The molecule has 1 unspecified atom stereocenters. The molecule has 0 bridgehead atoms. The predicted molar refractivity (Wildman–Crippen MR) is 61.1 cm³/mol. The summed E-state index contributed by atoms with van der Waals surface area (Å²) in [5.41, 5.74) is 5.47. The Morgan fingerprint density at radius 2 is 2.36 bits per heavy atom. The third-order valence-corrected chi connectivity index (χ3v) is 3.39. The van der Waals surface area contributed by atoms with E-state index in [1.165, 1.54) is 11.3 Å². The van der Waals surface area contributed by atoms with Crippen LogP contribution in [0.15, 0.2) is 12.1 Å². The van der Waals surface area contributed by atoms with Crippen molar-refractivity contribution < 1.29 is 4.79 Å². The fraction of sp³-hybridized carbons (Fsp3) is 0.500. The molecule has 0 aromatic carbocycles. The third-order valence-electron chi connectivity index (χ3n) is 2.11. The van der Waals surface area contributed by atoms with Crippen LogP contribution < -0.4 is 5.73 Å². The Balaban J connectivity index is 2.43. The van der Waals surface area contributed by atoms with Crippen LogP contribution in [0.5, 0.6) is 0 Å². The quantitative estimate of drug-likeness (QED) is 0.792.